The van der Waals surface area contributed by atoms with Crippen LogP contribution in [-0.4, -0.2) is 40.4 Å². The minimum Gasteiger partial charge on any atom is -0.314 e. The molecule has 0 saturated carbocycles. The van der Waals surface area contributed by atoms with E-state index in [2.05, 4.69) is 29.2 Å². The van der Waals surface area contributed by atoms with Crippen LogP contribution in [-0.2, 0) is 13.6 Å². The van der Waals surface area contributed by atoms with Crippen LogP contribution in [0.3, 0.4) is 0 Å². The molecule has 0 aliphatic carbocycles. The second-order valence-electron chi connectivity index (χ2n) is 5.61. The summed E-state index contributed by atoms with van der Waals surface area (Å²) in [6, 6.07) is 0.592. The van der Waals surface area contributed by atoms with Gasteiger partial charge in [-0.2, -0.15) is 5.10 Å². The normalized spacial score (nSPS) is 22.7. The van der Waals surface area contributed by atoms with E-state index in [4.69, 9.17) is 11.6 Å². The fraction of sp³-hybridized carbons (Fsp3) is 0.786. The maximum Gasteiger partial charge on any atom is 0.131 e. The van der Waals surface area contributed by atoms with Crippen molar-refractivity contribution in [3.8, 4) is 0 Å². The highest BCUT2D eigenvalue weighted by Crippen LogP contribution is 2.24. The average Bonchev–Trinajstić information content (AvgIpc) is 2.65. The molecule has 2 rings (SSSR count). The number of halogens is 1. The van der Waals surface area contributed by atoms with E-state index in [1.54, 1.807) is 4.68 Å². The summed E-state index contributed by atoms with van der Waals surface area (Å²) in [5.41, 5.74) is 2.23. The molecule has 5 heteroatoms. The fourth-order valence-electron chi connectivity index (χ4n) is 2.85. The van der Waals surface area contributed by atoms with Crippen molar-refractivity contribution >= 4 is 11.6 Å². The molecule has 2 unspecified atom stereocenters. The van der Waals surface area contributed by atoms with Gasteiger partial charge in [0.15, 0.2) is 0 Å². The van der Waals surface area contributed by atoms with Crippen LogP contribution in [0.2, 0.25) is 5.15 Å². The summed E-state index contributed by atoms with van der Waals surface area (Å²) < 4.78 is 1.77. The molecule has 1 saturated heterocycles. The van der Waals surface area contributed by atoms with Crippen LogP contribution >= 0.6 is 11.6 Å². The first kappa shape index (κ1) is 14.8. The molecule has 0 radical (unpaired) electrons. The van der Waals surface area contributed by atoms with Gasteiger partial charge in [-0.15, -0.1) is 0 Å². The highest BCUT2D eigenvalue weighted by molar-refractivity contribution is 6.30. The molecule has 0 spiro atoms. The molecule has 4 nitrogen and oxygen atoms in total. The lowest BCUT2D eigenvalue weighted by molar-refractivity contribution is 0.109. The zero-order chi connectivity index (χ0) is 14.0. The summed E-state index contributed by atoms with van der Waals surface area (Å²) in [6.07, 6.45) is 1.21. The standard InChI is InChI=1S/C14H25ClN4/c1-5-10(2)13-8-16-6-7-19(13)9-12-11(3)17-18(4)14(12)15/h10,13,16H,5-9H2,1-4H3. The molecule has 2 heterocycles. The topological polar surface area (TPSA) is 33.1 Å². The van der Waals surface area contributed by atoms with Gasteiger partial charge in [-0.1, -0.05) is 31.9 Å². The number of hydrogen-bond donors (Lipinski definition) is 1. The number of hydrogen-bond acceptors (Lipinski definition) is 3. The van der Waals surface area contributed by atoms with Crippen LogP contribution in [0, 0.1) is 12.8 Å². The smallest absolute Gasteiger partial charge is 0.131 e. The Kier molecular flexibility index (Phi) is 4.87. The molecule has 1 fully saturated rings. The molecule has 1 aliphatic heterocycles. The number of aryl methyl sites for hydroxylation is 2. The number of aromatic nitrogens is 2. The Morgan fingerprint density at radius 2 is 2.26 bits per heavy atom. The van der Waals surface area contributed by atoms with Crippen molar-refractivity contribution in [2.24, 2.45) is 13.0 Å². The maximum atomic E-state index is 6.35. The largest absolute Gasteiger partial charge is 0.314 e. The van der Waals surface area contributed by atoms with Crippen molar-refractivity contribution in [1.82, 2.24) is 20.0 Å². The highest BCUT2D eigenvalue weighted by atomic mass is 35.5. The van der Waals surface area contributed by atoms with Crippen molar-refractivity contribution < 1.29 is 0 Å². The Labute approximate surface area is 121 Å². The molecule has 0 aromatic carbocycles. The summed E-state index contributed by atoms with van der Waals surface area (Å²) in [7, 11) is 1.91. The van der Waals surface area contributed by atoms with E-state index in [1.807, 2.05) is 14.0 Å². The molecule has 19 heavy (non-hydrogen) atoms. The number of rotatable bonds is 4. The number of nitrogens with zero attached hydrogens (tertiary/aromatic N) is 3. The zero-order valence-corrected chi connectivity index (χ0v) is 13.2. The Morgan fingerprint density at radius 1 is 1.53 bits per heavy atom. The van der Waals surface area contributed by atoms with Crippen LogP contribution < -0.4 is 5.32 Å². The monoisotopic (exact) mass is 284 g/mol. The van der Waals surface area contributed by atoms with Crippen LogP contribution in [0.1, 0.15) is 31.5 Å². The summed E-state index contributed by atoms with van der Waals surface area (Å²) in [5.74, 6) is 0.698. The lowest BCUT2D eigenvalue weighted by atomic mass is 9.95. The molecule has 0 amide bonds. The molecule has 1 aromatic heterocycles. The molecule has 108 valence electrons. The third kappa shape index (κ3) is 3.12. The second kappa shape index (κ2) is 6.25. The average molecular weight is 285 g/mol. The Balaban J connectivity index is 2.15. The third-order valence-electron chi connectivity index (χ3n) is 4.33. The van der Waals surface area contributed by atoms with E-state index in [0.717, 1.165) is 37.0 Å². The quantitative estimate of drug-likeness (QED) is 0.920. The lowest BCUT2D eigenvalue weighted by Crippen LogP contribution is -2.53. The van der Waals surface area contributed by atoms with Gasteiger partial charge >= 0.3 is 0 Å². The minimum absolute atomic E-state index is 0.592. The van der Waals surface area contributed by atoms with Crippen molar-refractivity contribution in [2.75, 3.05) is 19.6 Å². The molecular formula is C14H25ClN4. The lowest BCUT2D eigenvalue weighted by Gasteiger charge is -2.39. The Morgan fingerprint density at radius 3 is 2.84 bits per heavy atom. The summed E-state index contributed by atoms with van der Waals surface area (Å²) in [5, 5.41) is 8.69. The molecule has 0 bridgehead atoms. The summed E-state index contributed by atoms with van der Waals surface area (Å²) in [6.45, 7) is 10.8. The first-order valence-electron chi connectivity index (χ1n) is 7.17. The van der Waals surface area contributed by atoms with E-state index in [9.17, 15) is 0 Å². The third-order valence-corrected chi connectivity index (χ3v) is 4.80. The second-order valence-corrected chi connectivity index (χ2v) is 5.96. The minimum atomic E-state index is 0.592. The maximum absolute atomic E-state index is 6.35. The number of nitrogens with one attached hydrogen (secondary N) is 1. The van der Waals surface area contributed by atoms with E-state index >= 15 is 0 Å². The van der Waals surface area contributed by atoms with E-state index in [-0.39, 0.29) is 0 Å². The van der Waals surface area contributed by atoms with Gasteiger partial charge in [-0.25, -0.2) is 0 Å². The van der Waals surface area contributed by atoms with Gasteiger partial charge in [0.05, 0.1) is 5.69 Å². The van der Waals surface area contributed by atoms with Crippen molar-refractivity contribution in [3.05, 3.63) is 16.4 Å². The fourth-order valence-corrected chi connectivity index (χ4v) is 3.09. The molecule has 1 aromatic rings. The van der Waals surface area contributed by atoms with E-state index in [1.165, 1.54) is 12.0 Å². The van der Waals surface area contributed by atoms with Crippen LogP contribution in [0.4, 0.5) is 0 Å². The van der Waals surface area contributed by atoms with Gasteiger partial charge in [0.1, 0.15) is 5.15 Å². The number of piperazine rings is 1. The van der Waals surface area contributed by atoms with Gasteiger partial charge in [0.2, 0.25) is 0 Å². The van der Waals surface area contributed by atoms with Gasteiger partial charge in [-0.3, -0.25) is 9.58 Å². The van der Waals surface area contributed by atoms with Gasteiger partial charge in [-0.05, 0) is 12.8 Å². The van der Waals surface area contributed by atoms with Gasteiger partial charge in [0, 0.05) is 44.8 Å². The molecular weight excluding hydrogens is 260 g/mol. The van der Waals surface area contributed by atoms with Crippen LogP contribution in [0.25, 0.3) is 0 Å². The highest BCUT2D eigenvalue weighted by Gasteiger charge is 2.27. The first-order chi connectivity index (χ1) is 9.04. The first-order valence-corrected chi connectivity index (χ1v) is 7.55. The van der Waals surface area contributed by atoms with Gasteiger partial charge < -0.3 is 5.32 Å². The van der Waals surface area contributed by atoms with Crippen molar-refractivity contribution in [3.63, 3.8) is 0 Å². The molecule has 2 atom stereocenters. The predicted molar refractivity (Wildman–Crippen MR) is 79.5 cm³/mol. The Hall–Kier alpha value is -0.580. The molecule has 1 aliphatic rings. The SMILES string of the molecule is CCC(C)C1CNCCN1Cc1c(C)nn(C)c1Cl. The van der Waals surface area contributed by atoms with Crippen LogP contribution in [0.5, 0.6) is 0 Å². The summed E-state index contributed by atoms with van der Waals surface area (Å²) in [4.78, 5) is 2.56. The zero-order valence-electron chi connectivity index (χ0n) is 12.4. The van der Waals surface area contributed by atoms with Gasteiger partial charge in [0.25, 0.3) is 0 Å². The van der Waals surface area contributed by atoms with Crippen LogP contribution in [0.15, 0.2) is 0 Å². The summed E-state index contributed by atoms with van der Waals surface area (Å²) >= 11 is 6.35. The van der Waals surface area contributed by atoms with E-state index in [0.29, 0.717) is 12.0 Å². The van der Waals surface area contributed by atoms with Crippen molar-refractivity contribution in [1.29, 1.82) is 0 Å². The Bertz CT molecular complexity index is 429. The van der Waals surface area contributed by atoms with Crippen molar-refractivity contribution in [2.45, 2.75) is 39.8 Å². The molecule has 1 N–H and O–H groups in total. The van der Waals surface area contributed by atoms with E-state index < -0.39 is 0 Å². The predicted octanol–water partition coefficient (Wildman–Crippen LogP) is 2.20.